The molecule has 1 amide bonds. The fourth-order valence-electron chi connectivity index (χ4n) is 5.32. The fourth-order valence-corrected chi connectivity index (χ4v) is 5.32. The number of benzene rings is 2. The number of carbonyl (C=O) groups excluding carboxylic acids is 2. The van der Waals surface area contributed by atoms with E-state index >= 15 is 0 Å². The normalized spacial score (nSPS) is 19.4. The number of H-pyrrole nitrogens is 1. The van der Waals surface area contributed by atoms with Crippen LogP contribution in [0, 0.1) is 5.92 Å². The summed E-state index contributed by atoms with van der Waals surface area (Å²) in [5, 5.41) is 9.74. The van der Waals surface area contributed by atoms with Gasteiger partial charge in [0.25, 0.3) is 5.91 Å². The number of hydrogen-bond acceptors (Lipinski definition) is 7. The Labute approximate surface area is 228 Å². The van der Waals surface area contributed by atoms with Crippen LogP contribution in [-0.2, 0) is 11.3 Å². The van der Waals surface area contributed by atoms with Crippen molar-refractivity contribution in [3.05, 3.63) is 71.8 Å². The number of rotatable bonds is 10. The van der Waals surface area contributed by atoms with E-state index in [-0.39, 0.29) is 24.0 Å². The standard InChI is InChI=1S/C30H35N5O4/c1-3-21-14-24(18-36)35(17-20-8-11-23(12-9-20)33-30(37)26-16-31-19-32-26)34-29(21)22-10-13-27(38-2)28(15-22)39-25-6-4-5-7-25/h8-13,15-16,18-19,21,24-25H,3-7,14,17H2,1-2H3,(H,31,32)(H,33,37). The number of aromatic amines is 1. The number of methoxy groups -OCH3 is 1. The minimum Gasteiger partial charge on any atom is -0.493 e. The molecular weight excluding hydrogens is 494 g/mol. The minimum atomic E-state index is -0.314. The van der Waals surface area contributed by atoms with Crippen molar-refractivity contribution in [2.75, 3.05) is 12.4 Å². The van der Waals surface area contributed by atoms with Crippen molar-refractivity contribution in [2.45, 2.75) is 64.1 Å². The third-order valence-corrected chi connectivity index (χ3v) is 7.54. The molecular formula is C30H35N5O4. The van der Waals surface area contributed by atoms with Gasteiger partial charge >= 0.3 is 0 Å². The number of aromatic nitrogens is 2. The van der Waals surface area contributed by atoms with Gasteiger partial charge in [-0.2, -0.15) is 5.10 Å². The van der Waals surface area contributed by atoms with Crippen LogP contribution in [0.5, 0.6) is 11.5 Å². The molecule has 1 aliphatic carbocycles. The van der Waals surface area contributed by atoms with E-state index in [1.54, 1.807) is 7.11 Å². The van der Waals surface area contributed by atoms with Gasteiger partial charge in [-0.05, 0) is 74.4 Å². The van der Waals surface area contributed by atoms with E-state index in [1.165, 1.54) is 25.4 Å². The van der Waals surface area contributed by atoms with E-state index in [1.807, 2.05) is 47.5 Å². The maximum atomic E-state index is 12.3. The van der Waals surface area contributed by atoms with Crippen LogP contribution in [0.4, 0.5) is 5.69 Å². The molecule has 1 aliphatic heterocycles. The molecule has 0 saturated heterocycles. The second-order valence-corrected chi connectivity index (χ2v) is 10.1. The van der Waals surface area contributed by atoms with Crippen molar-refractivity contribution in [3.8, 4) is 11.5 Å². The number of aldehydes is 1. The molecule has 2 atom stereocenters. The molecule has 204 valence electrons. The molecule has 2 unspecified atom stereocenters. The van der Waals surface area contributed by atoms with Gasteiger partial charge in [0.2, 0.25) is 0 Å². The van der Waals surface area contributed by atoms with E-state index in [0.717, 1.165) is 53.9 Å². The Morgan fingerprint density at radius 2 is 1.95 bits per heavy atom. The second kappa shape index (κ2) is 12.1. The number of nitrogens with one attached hydrogen (secondary N) is 2. The van der Waals surface area contributed by atoms with Gasteiger partial charge in [-0.1, -0.05) is 19.1 Å². The number of imidazole rings is 1. The Kier molecular flexibility index (Phi) is 8.24. The lowest BCUT2D eigenvalue weighted by Crippen LogP contribution is -2.41. The molecule has 1 fully saturated rings. The van der Waals surface area contributed by atoms with E-state index in [0.29, 0.717) is 24.3 Å². The van der Waals surface area contributed by atoms with Crippen LogP contribution in [0.25, 0.3) is 0 Å². The lowest BCUT2D eigenvalue weighted by Gasteiger charge is -2.35. The van der Waals surface area contributed by atoms with Crippen molar-refractivity contribution in [1.29, 1.82) is 0 Å². The van der Waals surface area contributed by atoms with Gasteiger partial charge in [0.05, 0.1) is 38.0 Å². The molecule has 0 bridgehead atoms. The Morgan fingerprint density at radius 1 is 1.15 bits per heavy atom. The first-order valence-electron chi connectivity index (χ1n) is 13.6. The molecule has 9 nitrogen and oxygen atoms in total. The average molecular weight is 530 g/mol. The zero-order valence-electron chi connectivity index (χ0n) is 22.4. The summed E-state index contributed by atoms with van der Waals surface area (Å²) in [6.45, 7) is 2.60. The fraction of sp³-hybridized carbons (Fsp3) is 0.400. The Hall–Kier alpha value is -4.14. The number of ether oxygens (including phenoxy) is 2. The molecule has 2 N–H and O–H groups in total. The summed E-state index contributed by atoms with van der Waals surface area (Å²) >= 11 is 0. The third-order valence-electron chi connectivity index (χ3n) is 7.54. The predicted molar refractivity (Wildman–Crippen MR) is 149 cm³/mol. The summed E-state index contributed by atoms with van der Waals surface area (Å²) in [4.78, 5) is 31.0. The highest BCUT2D eigenvalue weighted by Crippen LogP contribution is 2.35. The summed E-state index contributed by atoms with van der Waals surface area (Å²) in [6, 6.07) is 13.3. The van der Waals surface area contributed by atoms with Crippen LogP contribution in [0.3, 0.4) is 0 Å². The molecule has 1 saturated carbocycles. The Balaban J connectivity index is 1.36. The number of nitrogens with zero attached hydrogens (tertiary/aromatic N) is 3. The minimum absolute atomic E-state index is 0.157. The van der Waals surface area contributed by atoms with Gasteiger partial charge < -0.3 is 24.6 Å². The van der Waals surface area contributed by atoms with E-state index in [2.05, 4.69) is 22.2 Å². The number of carbonyl (C=O) groups is 2. The van der Waals surface area contributed by atoms with Gasteiger partial charge in [-0.3, -0.25) is 9.80 Å². The molecule has 2 heterocycles. The van der Waals surface area contributed by atoms with Crippen molar-refractivity contribution < 1.29 is 19.1 Å². The van der Waals surface area contributed by atoms with Crippen LogP contribution in [0.15, 0.2) is 60.1 Å². The van der Waals surface area contributed by atoms with Crippen molar-refractivity contribution in [3.63, 3.8) is 0 Å². The zero-order chi connectivity index (χ0) is 27.2. The average Bonchev–Trinajstić information content (AvgIpc) is 3.69. The van der Waals surface area contributed by atoms with E-state index in [4.69, 9.17) is 14.6 Å². The van der Waals surface area contributed by atoms with Crippen LogP contribution < -0.4 is 14.8 Å². The van der Waals surface area contributed by atoms with Crippen LogP contribution in [0.2, 0.25) is 0 Å². The molecule has 0 radical (unpaired) electrons. The largest absolute Gasteiger partial charge is 0.493 e. The molecule has 2 aliphatic rings. The van der Waals surface area contributed by atoms with E-state index < -0.39 is 0 Å². The lowest BCUT2D eigenvalue weighted by atomic mass is 9.87. The molecule has 3 aromatic rings. The van der Waals surface area contributed by atoms with E-state index in [9.17, 15) is 9.59 Å². The number of anilines is 1. The van der Waals surface area contributed by atoms with Gasteiger partial charge in [0.15, 0.2) is 11.5 Å². The van der Waals surface area contributed by atoms with Gasteiger partial charge in [-0.15, -0.1) is 0 Å². The van der Waals surface area contributed by atoms with Gasteiger partial charge in [0, 0.05) is 17.2 Å². The van der Waals surface area contributed by atoms with Crippen molar-refractivity contribution in [2.24, 2.45) is 11.0 Å². The molecule has 0 spiro atoms. The SMILES string of the molecule is CCC1CC(C=O)N(Cc2ccc(NC(=O)c3cnc[nH]3)cc2)N=C1c1ccc(OC)c(OC2CCCC2)c1. The lowest BCUT2D eigenvalue weighted by molar-refractivity contribution is -0.113. The van der Waals surface area contributed by atoms with Crippen LogP contribution in [0.1, 0.15) is 67.1 Å². The first-order valence-corrected chi connectivity index (χ1v) is 13.6. The summed E-state index contributed by atoms with van der Waals surface area (Å²) < 4.78 is 11.9. The topological polar surface area (TPSA) is 109 Å². The molecule has 5 rings (SSSR count). The molecule has 1 aromatic heterocycles. The summed E-state index contributed by atoms with van der Waals surface area (Å²) in [5.41, 5.74) is 4.00. The molecule has 2 aromatic carbocycles. The maximum Gasteiger partial charge on any atom is 0.273 e. The molecule has 39 heavy (non-hydrogen) atoms. The summed E-state index contributed by atoms with van der Waals surface area (Å²) in [5.74, 6) is 1.37. The smallest absolute Gasteiger partial charge is 0.273 e. The highest BCUT2D eigenvalue weighted by atomic mass is 16.5. The monoisotopic (exact) mass is 529 g/mol. The second-order valence-electron chi connectivity index (χ2n) is 10.1. The Morgan fingerprint density at radius 3 is 2.62 bits per heavy atom. The van der Waals surface area contributed by atoms with Crippen molar-refractivity contribution >= 4 is 23.6 Å². The summed E-state index contributed by atoms with van der Waals surface area (Å²) in [6.07, 6.45) is 10.2. The first-order chi connectivity index (χ1) is 19.1. The van der Waals surface area contributed by atoms with Crippen LogP contribution >= 0.6 is 0 Å². The highest BCUT2D eigenvalue weighted by molar-refractivity contribution is 6.03. The maximum absolute atomic E-state index is 12.3. The predicted octanol–water partition coefficient (Wildman–Crippen LogP) is 5.20. The van der Waals surface area contributed by atoms with Gasteiger partial charge in [-0.25, -0.2) is 4.98 Å². The first kappa shape index (κ1) is 26.5. The van der Waals surface area contributed by atoms with Crippen LogP contribution in [-0.4, -0.2) is 52.1 Å². The number of hydrazone groups is 1. The third kappa shape index (κ3) is 6.13. The number of amides is 1. The van der Waals surface area contributed by atoms with Crippen molar-refractivity contribution in [1.82, 2.24) is 15.0 Å². The molecule has 9 heteroatoms. The van der Waals surface area contributed by atoms with Gasteiger partial charge in [0.1, 0.15) is 18.0 Å². The highest BCUT2D eigenvalue weighted by Gasteiger charge is 2.31. The zero-order valence-corrected chi connectivity index (χ0v) is 22.4. The quantitative estimate of drug-likeness (QED) is 0.350. The number of hydrogen-bond donors (Lipinski definition) is 2. The Bertz CT molecular complexity index is 1300. The summed E-state index contributed by atoms with van der Waals surface area (Å²) in [7, 11) is 1.66.